The third-order valence-electron chi connectivity index (χ3n) is 4.73. The van der Waals surface area contributed by atoms with Gasteiger partial charge in [0, 0.05) is 0 Å². The number of rotatable bonds is 8. The van der Waals surface area contributed by atoms with Gasteiger partial charge in [-0.25, -0.2) is 23.7 Å². The van der Waals surface area contributed by atoms with Gasteiger partial charge in [-0.2, -0.15) is 8.62 Å². The van der Waals surface area contributed by atoms with Gasteiger partial charge in [0.05, 0.1) is 12.4 Å². The molecule has 21 heteroatoms. The normalized spacial score (nSPS) is 28.8. The first-order valence-electron chi connectivity index (χ1n) is 9.64. The van der Waals surface area contributed by atoms with Gasteiger partial charge in [0.1, 0.15) is 18.0 Å². The standard InChI is InChI=1S/C15H21N4O14P3/c1-4-5-15(22)11(20)10(7(2)31-35(26,27)33-36(28,29)32-34(23,24)25)30-14(15)19-6-16-9-12(19)17-8(3)18-13(9)21/h6-7,10-11,14,20,22H,1-3H3,(H,26,27)(H,28,29)(H,17,18,21)(H2,23,24,25)/t7-,10+,11-,14+,15?/m0/s1. The van der Waals surface area contributed by atoms with Crippen molar-refractivity contribution in [1.29, 1.82) is 0 Å². The van der Waals surface area contributed by atoms with Crippen LogP contribution in [0, 0.1) is 18.8 Å². The topological polar surface area (TPSA) is 273 Å². The van der Waals surface area contributed by atoms with Crippen molar-refractivity contribution in [2.45, 2.75) is 50.9 Å². The van der Waals surface area contributed by atoms with Gasteiger partial charge >= 0.3 is 23.5 Å². The van der Waals surface area contributed by atoms with E-state index in [1.807, 2.05) is 0 Å². The van der Waals surface area contributed by atoms with Crippen molar-refractivity contribution in [3.8, 4) is 11.8 Å². The average Bonchev–Trinajstić information content (AvgIpc) is 3.18. The van der Waals surface area contributed by atoms with Crippen LogP contribution in [-0.2, 0) is 31.6 Å². The van der Waals surface area contributed by atoms with E-state index in [-0.39, 0.29) is 17.0 Å². The lowest BCUT2D eigenvalue weighted by Gasteiger charge is -2.27. The van der Waals surface area contributed by atoms with Crippen molar-refractivity contribution in [3.63, 3.8) is 0 Å². The summed E-state index contributed by atoms with van der Waals surface area (Å²) in [6.07, 6.45) is -5.80. The Bertz CT molecular complexity index is 1420. The van der Waals surface area contributed by atoms with Crippen LogP contribution in [0.15, 0.2) is 11.1 Å². The number of fused-ring (bicyclic) bond motifs is 1. The van der Waals surface area contributed by atoms with Gasteiger partial charge < -0.3 is 39.5 Å². The minimum absolute atomic E-state index is 0.0500. The fourth-order valence-electron chi connectivity index (χ4n) is 3.48. The minimum Gasteiger partial charge on any atom is -0.386 e. The molecule has 3 heterocycles. The molecule has 0 saturated carbocycles. The number of aryl methyl sites for hydroxylation is 1. The number of hydrogen-bond acceptors (Lipinski definition) is 12. The van der Waals surface area contributed by atoms with Crippen LogP contribution in [0.3, 0.4) is 0 Å². The fourth-order valence-corrected chi connectivity index (χ4v) is 6.68. The summed E-state index contributed by atoms with van der Waals surface area (Å²) in [5.74, 6) is 4.98. The Morgan fingerprint density at radius 2 is 1.86 bits per heavy atom. The van der Waals surface area contributed by atoms with Crippen LogP contribution in [-0.4, -0.2) is 73.2 Å². The lowest BCUT2D eigenvalue weighted by Crippen LogP contribution is -2.47. The molecule has 200 valence electrons. The predicted molar refractivity (Wildman–Crippen MR) is 116 cm³/mol. The molecule has 0 aromatic carbocycles. The van der Waals surface area contributed by atoms with Gasteiger partial charge in [-0.15, -0.1) is 5.92 Å². The number of aromatic amines is 1. The number of H-pyrrole nitrogens is 1. The maximum absolute atomic E-state index is 12.2. The second-order valence-electron chi connectivity index (χ2n) is 7.48. The SMILES string of the molecule is CC#CC1(O)[C@@H](O)[C@@H]([C@H](C)OP(=O)(O)OP(=O)(O)OP(=O)(O)O)O[C@H]1n1cnc2c(=O)[nH]c(C)nc21. The highest BCUT2D eigenvalue weighted by Gasteiger charge is 2.58. The maximum Gasteiger partial charge on any atom is 0.490 e. The van der Waals surface area contributed by atoms with Gasteiger partial charge in [0.2, 0.25) is 0 Å². The number of ether oxygens (including phenoxy) is 1. The smallest absolute Gasteiger partial charge is 0.386 e. The maximum atomic E-state index is 12.2. The molecule has 0 bridgehead atoms. The van der Waals surface area contributed by atoms with E-state index in [1.54, 1.807) is 0 Å². The van der Waals surface area contributed by atoms with Crippen molar-refractivity contribution in [2.75, 3.05) is 0 Å². The zero-order valence-corrected chi connectivity index (χ0v) is 21.2. The van der Waals surface area contributed by atoms with Gasteiger partial charge in [0.15, 0.2) is 23.0 Å². The molecule has 7 N–H and O–H groups in total. The van der Waals surface area contributed by atoms with E-state index >= 15 is 0 Å². The second kappa shape index (κ2) is 9.82. The van der Waals surface area contributed by atoms with Crippen molar-refractivity contribution in [3.05, 3.63) is 22.5 Å². The lowest BCUT2D eigenvalue weighted by molar-refractivity contribution is -0.0831. The Labute approximate surface area is 201 Å². The molecular formula is C15H21N4O14P3. The van der Waals surface area contributed by atoms with E-state index in [0.717, 1.165) is 17.8 Å². The Morgan fingerprint density at radius 1 is 1.22 bits per heavy atom. The van der Waals surface area contributed by atoms with E-state index in [1.165, 1.54) is 13.8 Å². The molecule has 1 aliphatic heterocycles. The minimum atomic E-state index is -5.79. The molecule has 7 atom stereocenters. The van der Waals surface area contributed by atoms with Crippen molar-refractivity contribution >= 4 is 34.6 Å². The number of aromatic nitrogens is 4. The molecule has 0 aliphatic carbocycles. The van der Waals surface area contributed by atoms with Crippen molar-refractivity contribution in [1.82, 2.24) is 19.5 Å². The molecule has 3 rings (SSSR count). The summed E-state index contributed by atoms with van der Waals surface area (Å²) in [5.41, 5.74) is -3.18. The first kappa shape index (κ1) is 28.8. The Hall–Kier alpha value is -1.80. The zero-order chi connectivity index (χ0) is 27.3. The highest BCUT2D eigenvalue weighted by atomic mass is 31.3. The van der Waals surface area contributed by atoms with E-state index in [2.05, 4.69) is 39.9 Å². The highest BCUT2D eigenvalue weighted by Crippen LogP contribution is 2.66. The molecule has 0 amide bonds. The number of phosphoric ester groups is 1. The summed E-state index contributed by atoms with van der Waals surface area (Å²) < 4.78 is 53.3. The molecule has 3 unspecified atom stereocenters. The van der Waals surface area contributed by atoms with E-state index in [4.69, 9.17) is 14.5 Å². The van der Waals surface area contributed by atoms with Gasteiger partial charge in [-0.3, -0.25) is 13.9 Å². The van der Waals surface area contributed by atoms with Crippen LogP contribution >= 0.6 is 23.5 Å². The number of imidazole rings is 1. The third kappa shape index (κ3) is 6.01. The highest BCUT2D eigenvalue weighted by molar-refractivity contribution is 7.66. The summed E-state index contributed by atoms with van der Waals surface area (Å²) in [4.78, 5) is 59.0. The quantitative estimate of drug-likeness (QED) is 0.150. The first-order chi connectivity index (χ1) is 16.4. The Kier molecular flexibility index (Phi) is 7.85. The van der Waals surface area contributed by atoms with Crippen LogP contribution in [0.4, 0.5) is 0 Å². The van der Waals surface area contributed by atoms with E-state index in [9.17, 15) is 38.5 Å². The molecule has 0 radical (unpaired) electrons. The first-order valence-corrected chi connectivity index (χ1v) is 14.2. The Morgan fingerprint density at radius 3 is 2.44 bits per heavy atom. The van der Waals surface area contributed by atoms with Crippen molar-refractivity contribution in [2.24, 2.45) is 0 Å². The van der Waals surface area contributed by atoms with Gasteiger partial charge in [-0.1, -0.05) is 5.92 Å². The van der Waals surface area contributed by atoms with E-state index < -0.39 is 59.2 Å². The summed E-state index contributed by atoms with van der Waals surface area (Å²) in [6.45, 7) is 3.87. The predicted octanol–water partition coefficient (Wildman–Crippen LogP) is -0.827. The number of aliphatic hydroxyl groups is 2. The number of nitrogens with one attached hydrogen (secondary N) is 1. The molecule has 36 heavy (non-hydrogen) atoms. The summed E-state index contributed by atoms with van der Waals surface area (Å²) in [6, 6.07) is 0. The number of hydrogen-bond donors (Lipinski definition) is 7. The molecule has 0 spiro atoms. The molecule has 2 aromatic heterocycles. The van der Waals surface area contributed by atoms with Crippen LogP contribution in [0.25, 0.3) is 11.2 Å². The van der Waals surface area contributed by atoms with Crippen LogP contribution in [0.5, 0.6) is 0 Å². The Balaban J connectivity index is 1.92. The molecule has 1 aliphatic rings. The summed E-state index contributed by atoms with van der Waals surface area (Å²) >= 11 is 0. The summed E-state index contributed by atoms with van der Waals surface area (Å²) in [5, 5.41) is 22.0. The van der Waals surface area contributed by atoms with E-state index in [0.29, 0.717) is 0 Å². The number of phosphoric acid groups is 3. The third-order valence-corrected chi connectivity index (χ3v) is 8.66. The second-order valence-corrected chi connectivity index (χ2v) is 11.8. The van der Waals surface area contributed by atoms with Crippen molar-refractivity contribution < 1.29 is 61.4 Å². The zero-order valence-electron chi connectivity index (χ0n) is 18.5. The fraction of sp³-hybridized carbons (Fsp3) is 0.533. The number of nitrogens with zero attached hydrogens (tertiary/aromatic N) is 3. The monoisotopic (exact) mass is 574 g/mol. The van der Waals surface area contributed by atoms with Gasteiger partial charge in [-0.05, 0) is 20.8 Å². The molecule has 1 saturated heterocycles. The largest absolute Gasteiger partial charge is 0.490 e. The molecule has 2 aromatic rings. The summed E-state index contributed by atoms with van der Waals surface area (Å²) in [7, 11) is -17.0. The molecule has 1 fully saturated rings. The van der Waals surface area contributed by atoms with Crippen LogP contribution in [0.2, 0.25) is 0 Å². The van der Waals surface area contributed by atoms with Gasteiger partial charge in [0.25, 0.3) is 5.56 Å². The average molecular weight is 574 g/mol. The van der Waals surface area contributed by atoms with Crippen LogP contribution < -0.4 is 5.56 Å². The molecular weight excluding hydrogens is 553 g/mol. The lowest BCUT2D eigenvalue weighted by atomic mass is 9.93. The van der Waals surface area contributed by atoms with Crippen LogP contribution in [0.1, 0.15) is 25.9 Å². The number of aliphatic hydroxyl groups excluding tert-OH is 1. The molecule has 18 nitrogen and oxygen atoms in total.